The summed E-state index contributed by atoms with van der Waals surface area (Å²) in [5.74, 6) is -0.936. The van der Waals surface area contributed by atoms with Crippen molar-refractivity contribution in [1.82, 2.24) is 15.5 Å². The minimum absolute atomic E-state index is 0.208. The molecule has 0 saturated carbocycles. The molecule has 1 rings (SSSR count). The Morgan fingerprint density at radius 2 is 2.05 bits per heavy atom. The van der Waals surface area contributed by atoms with Crippen LogP contribution >= 0.6 is 0 Å². The number of ether oxygens (including phenoxy) is 1. The number of likely N-dealkylation sites (N-methyl/N-ethyl adjacent to an activating group) is 1. The molecule has 0 spiro atoms. The summed E-state index contributed by atoms with van der Waals surface area (Å²) in [4.78, 5) is 24.4. The summed E-state index contributed by atoms with van der Waals surface area (Å²) in [7, 11) is 2.00. The summed E-state index contributed by atoms with van der Waals surface area (Å²) in [5, 5.41) is 14.3. The average Bonchev–Trinajstić information content (AvgIpc) is 2.85. The third-order valence-corrected chi connectivity index (χ3v) is 3.50. The zero-order valence-corrected chi connectivity index (χ0v) is 12.4. The Morgan fingerprint density at radius 3 is 2.60 bits per heavy atom. The van der Waals surface area contributed by atoms with Gasteiger partial charge in [0.2, 0.25) is 0 Å². The molecule has 116 valence electrons. The molecule has 0 radical (unpaired) electrons. The first-order valence-corrected chi connectivity index (χ1v) is 7.00. The number of carbonyl (C=O) groups is 2. The van der Waals surface area contributed by atoms with E-state index in [0.717, 1.165) is 6.54 Å². The van der Waals surface area contributed by atoms with Crippen molar-refractivity contribution in [2.45, 2.75) is 44.9 Å². The molecule has 2 atom stereocenters. The molecule has 1 fully saturated rings. The molecule has 1 aliphatic heterocycles. The number of urea groups is 1. The highest BCUT2D eigenvalue weighted by Crippen LogP contribution is 2.18. The molecule has 0 aliphatic carbocycles. The maximum atomic E-state index is 11.6. The molecule has 0 aromatic carbocycles. The van der Waals surface area contributed by atoms with Gasteiger partial charge < -0.3 is 25.4 Å². The maximum absolute atomic E-state index is 11.6. The molecule has 1 heterocycles. The van der Waals surface area contributed by atoms with Crippen LogP contribution in [0.3, 0.4) is 0 Å². The fraction of sp³-hybridized carbons (Fsp3) is 0.846. The topological polar surface area (TPSA) is 90.9 Å². The molecule has 0 aromatic rings. The van der Waals surface area contributed by atoms with Gasteiger partial charge >= 0.3 is 12.0 Å². The largest absolute Gasteiger partial charge is 0.479 e. The lowest BCUT2D eigenvalue weighted by Crippen LogP contribution is -2.43. The van der Waals surface area contributed by atoms with Crippen LogP contribution in [0.15, 0.2) is 0 Å². The number of hydrogen-bond acceptors (Lipinski definition) is 4. The van der Waals surface area contributed by atoms with Crippen LogP contribution in [-0.2, 0) is 9.53 Å². The number of carboxylic acid groups (broad SMARTS) is 1. The number of carboxylic acids is 1. The summed E-state index contributed by atoms with van der Waals surface area (Å²) < 4.78 is 5.30. The van der Waals surface area contributed by atoms with Crippen molar-refractivity contribution in [1.29, 1.82) is 0 Å². The van der Waals surface area contributed by atoms with Gasteiger partial charge in [0.05, 0.1) is 6.10 Å². The van der Waals surface area contributed by atoms with Crippen molar-refractivity contribution >= 4 is 12.0 Å². The van der Waals surface area contributed by atoms with E-state index in [0.29, 0.717) is 32.0 Å². The quantitative estimate of drug-likeness (QED) is 0.625. The standard InChI is InChI=1S/C13H25N3O4/c1-9(2)16(3)7-6-14-13(19)15-8-10-4-5-11(20-10)12(17)18/h9-11H,4-8H2,1-3H3,(H,17,18)(H2,14,15,19). The molecular weight excluding hydrogens is 262 g/mol. The highest BCUT2D eigenvalue weighted by atomic mass is 16.5. The summed E-state index contributed by atoms with van der Waals surface area (Å²) in [5.41, 5.74) is 0. The summed E-state index contributed by atoms with van der Waals surface area (Å²) >= 11 is 0. The first kappa shape index (κ1) is 16.7. The van der Waals surface area contributed by atoms with E-state index < -0.39 is 12.1 Å². The van der Waals surface area contributed by atoms with Gasteiger partial charge in [-0.2, -0.15) is 0 Å². The summed E-state index contributed by atoms with van der Waals surface area (Å²) in [6, 6.07) is 0.198. The molecule has 7 heteroatoms. The van der Waals surface area contributed by atoms with Crippen molar-refractivity contribution in [3.63, 3.8) is 0 Å². The van der Waals surface area contributed by atoms with Crippen LogP contribution in [0, 0.1) is 0 Å². The SMILES string of the molecule is CC(C)N(C)CCNC(=O)NCC1CCC(C(=O)O)O1. The van der Waals surface area contributed by atoms with Gasteiger partial charge in [0.25, 0.3) is 0 Å². The lowest BCUT2D eigenvalue weighted by atomic mass is 10.2. The number of amides is 2. The van der Waals surface area contributed by atoms with Crippen LogP contribution in [0.1, 0.15) is 26.7 Å². The fourth-order valence-electron chi connectivity index (χ4n) is 1.91. The first-order valence-electron chi connectivity index (χ1n) is 7.00. The van der Waals surface area contributed by atoms with Crippen LogP contribution < -0.4 is 10.6 Å². The Kier molecular flexibility index (Phi) is 6.74. The Labute approximate surface area is 119 Å². The summed E-state index contributed by atoms with van der Waals surface area (Å²) in [6.07, 6.45) is 0.222. The number of hydrogen-bond donors (Lipinski definition) is 3. The zero-order chi connectivity index (χ0) is 15.1. The fourth-order valence-corrected chi connectivity index (χ4v) is 1.91. The van der Waals surface area contributed by atoms with Gasteiger partial charge in [-0.05, 0) is 33.7 Å². The monoisotopic (exact) mass is 287 g/mol. The number of aliphatic carboxylic acids is 1. The highest BCUT2D eigenvalue weighted by molar-refractivity contribution is 5.74. The van der Waals surface area contributed by atoms with E-state index in [1.54, 1.807) is 0 Å². The molecule has 1 saturated heterocycles. The van der Waals surface area contributed by atoms with E-state index >= 15 is 0 Å². The molecule has 3 N–H and O–H groups in total. The maximum Gasteiger partial charge on any atom is 0.332 e. The normalized spacial score (nSPS) is 22.2. The number of carbonyl (C=O) groups excluding carboxylic acids is 1. The van der Waals surface area contributed by atoms with Gasteiger partial charge in [0.15, 0.2) is 6.10 Å². The molecule has 0 bridgehead atoms. The minimum atomic E-state index is -0.936. The predicted octanol–water partition coefficient (Wildman–Crippen LogP) is 0.258. The van der Waals surface area contributed by atoms with E-state index in [4.69, 9.17) is 9.84 Å². The second-order valence-corrected chi connectivity index (χ2v) is 5.37. The lowest BCUT2D eigenvalue weighted by Gasteiger charge is -2.21. The number of rotatable bonds is 7. The van der Waals surface area contributed by atoms with Crippen LogP contribution in [0.4, 0.5) is 4.79 Å². The Bertz CT molecular complexity index is 336. The Morgan fingerprint density at radius 1 is 1.35 bits per heavy atom. The van der Waals surface area contributed by atoms with E-state index in [-0.39, 0.29) is 12.1 Å². The lowest BCUT2D eigenvalue weighted by molar-refractivity contribution is -0.149. The van der Waals surface area contributed by atoms with Gasteiger partial charge in [-0.1, -0.05) is 0 Å². The van der Waals surface area contributed by atoms with Crippen LogP contribution in [0.5, 0.6) is 0 Å². The smallest absolute Gasteiger partial charge is 0.332 e. The molecule has 2 unspecified atom stereocenters. The van der Waals surface area contributed by atoms with Crippen molar-refractivity contribution < 1.29 is 19.4 Å². The summed E-state index contributed by atoms with van der Waals surface area (Å²) in [6.45, 7) is 5.89. The molecule has 7 nitrogen and oxygen atoms in total. The predicted molar refractivity (Wildman–Crippen MR) is 74.7 cm³/mol. The molecular formula is C13H25N3O4. The van der Waals surface area contributed by atoms with Gasteiger partial charge in [0.1, 0.15) is 0 Å². The van der Waals surface area contributed by atoms with Crippen LogP contribution in [-0.4, -0.2) is 66.9 Å². The Hall–Kier alpha value is -1.34. The Balaban J connectivity index is 2.10. The van der Waals surface area contributed by atoms with Crippen LogP contribution in [0.25, 0.3) is 0 Å². The van der Waals surface area contributed by atoms with E-state index in [1.807, 2.05) is 7.05 Å². The third kappa shape index (κ3) is 5.75. The average molecular weight is 287 g/mol. The highest BCUT2D eigenvalue weighted by Gasteiger charge is 2.30. The van der Waals surface area contributed by atoms with Gasteiger partial charge in [-0.15, -0.1) is 0 Å². The first-order chi connectivity index (χ1) is 9.40. The van der Waals surface area contributed by atoms with Crippen molar-refractivity contribution in [3.8, 4) is 0 Å². The van der Waals surface area contributed by atoms with Crippen molar-refractivity contribution in [2.75, 3.05) is 26.7 Å². The van der Waals surface area contributed by atoms with Crippen molar-refractivity contribution in [2.24, 2.45) is 0 Å². The number of nitrogens with one attached hydrogen (secondary N) is 2. The second-order valence-electron chi connectivity index (χ2n) is 5.37. The third-order valence-electron chi connectivity index (χ3n) is 3.50. The molecule has 20 heavy (non-hydrogen) atoms. The van der Waals surface area contributed by atoms with E-state index in [9.17, 15) is 9.59 Å². The van der Waals surface area contributed by atoms with Gasteiger partial charge in [0, 0.05) is 25.7 Å². The van der Waals surface area contributed by atoms with Crippen LogP contribution in [0.2, 0.25) is 0 Å². The minimum Gasteiger partial charge on any atom is -0.479 e. The number of nitrogens with zero attached hydrogens (tertiary/aromatic N) is 1. The second kappa shape index (κ2) is 8.06. The van der Waals surface area contributed by atoms with E-state index in [1.165, 1.54) is 0 Å². The molecule has 0 aromatic heterocycles. The molecule has 2 amide bonds. The van der Waals surface area contributed by atoms with E-state index in [2.05, 4.69) is 29.4 Å². The van der Waals surface area contributed by atoms with Gasteiger partial charge in [-0.3, -0.25) is 0 Å². The van der Waals surface area contributed by atoms with Gasteiger partial charge in [-0.25, -0.2) is 9.59 Å². The van der Waals surface area contributed by atoms with Crippen molar-refractivity contribution in [3.05, 3.63) is 0 Å². The zero-order valence-electron chi connectivity index (χ0n) is 12.4. The molecule has 1 aliphatic rings.